The summed E-state index contributed by atoms with van der Waals surface area (Å²) in [5, 5.41) is 4.07. The summed E-state index contributed by atoms with van der Waals surface area (Å²) in [5.74, 6) is 0. The first-order valence-corrected chi connectivity index (χ1v) is 8.45. The van der Waals surface area contributed by atoms with Gasteiger partial charge in [-0.15, -0.1) is 0 Å². The molecule has 0 aliphatic rings. The summed E-state index contributed by atoms with van der Waals surface area (Å²) in [4.78, 5) is 11.6. The molecule has 24 heavy (non-hydrogen) atoms. The molecule has 0 bridgehead atoms. The molecular weight excluding hydrogens is 369 g/mol. The Morgan fingerprint density at radius 2 is 1.75 bits per heavy atom. The van der Waals surface area contributed by atoms with E-state index in [9.17, 15) is 4.79 Å². The Morgan fingerprint density at radius 1 is 1.04 bits per heavy atom. The van der Waals surface area contributed by atoms with E-state index < -0.39 is 6.09 Å². The lowest BCUT2D eigenvalue weighted by molar-refractivity contribution is 0.140. The van der Waals surface area contributed by atoms with Gasteiger partial charge in [0.05, 0.1) is 10.0 Å². The molecular formula is C18H16Cl3NO2. The molecule has 3 nitrogen and oxygen atoms in total. The number of halogens is 3. The fourth-order valence-corrected chi connectivity index (χ4v) is 2.53. The van der Waals surface area contributed by atoms with Crippen molar-refractivity contribution in [2.75, 3.05) is 6.54 Å². The number of hydrogen-bond acceptors (Lipinski definition) is 2. The van der Waals surface area contributed by atoms with E-state index in [1.807, 2.05) is 42.5 Å². The minimum atomic E-state index is -0.445. The molecule has 6 heteroatoms. The molecule has 2 aromatic carbocycles. The van der Waals surface area contributed by atoms with Gasteiger partial charge >= 0.3 is 6.09 Å². The molecule has 0 fully saturated rings. The molecule has 0 unspecified atom stereocenters. The molecule has 0 radical (unpaired) electrons. The van der Waals surface area contributed by atoms with Crippen LogP contribution in [0, 0.1) is 0 Å². The van der Waals surface area contributed by atoms with E-state index in [0.717, 1.165) is 11.1 Å². The zero-order valence-corrected chi connectivity index (χ0v) is 15.0. The van der Waals surface area contributed by atoms with Gasteiger partial charge in [-0.05, 0) is 29.7 Å². The van der Waals surface area contributed by atoms with Gasteiger partial charge in [0.15, 0.2) is 0 Å². The molecule has 0 atom stereocenters. The summed E-state index contributed by atoms with van der Waals surface area (Å²) in [6.07, 6.45) is 3.92. The van der Waals surface area contributed by atoms with Gasteiger partial charge in [0.1, 0.15) is 6.61 Å². The number of carbonyl (C=O) groups is 1. The number of hydrogen-bond donors (Lipinski definition) is 1. The lowest BCUT2D eigenvalue weighted by atomic mass is 10.2. The van der Waals surface area contributed by atoms with Crippen LogP contribution in [0.1, 0.15) is 17.5 Å². The Bertz CT molecular complexity index is 718. The quantitative estimate of drug-likeness (QED) is 0.491. The van der Waals surface area contributed by atoms with Gasteiger partial charge in [-0.3, -0.25) is 0 Å². The zero-order chi connectivity index (χ0) is 17.4. The molecule has 0 aliphatic carbocycles. The minimum Gasteiger partial charge on any atom is -0.445 e. The van der Waals surface area contributed by atoms with Crippen LogP contribution < -0.4 is 5.32 Å². The van der Waals surface area contributed by atoms with Crippen molar-refractivity contribution in [2.45, 2.75) is 13.0 Å². The zero-order valence-electron chi connectivity index (χ0n) is 12.8. The van der Waals surface area contributed by atoms with Crippen molar-refractivity contribution in [3.05, 3.63) is 74.7 Å². The van der Waals surface area contributed by atoms with Crippen LogP contribution in [0.3, 0.4) is 0 Å². The Kier molecular flexibility index (Phi) is 7.44. The highest BCUT2D eigenvalue weighted by Crippen LogP contribution is 2.29. The van der Waals surface area contributed by atoms with Crippen LogP contribution in [-0.4, -0.2) is 12.6 Å². The number of carbonyl (C=O) groups excluding carboxylic acids is 1. The van der Waals surface area contributed by atoms with Crippen LogP contribution in [0.15, 0.2) is 48.5 Å². The van der Waals surface area contributed by atoms with Gasteiger partial charge in [-0.25, -0.2) is 4.79 Å². The Balaban J connectivity index is 1.70. The maximum Gasteiger partial charge on any atom is 0.407 e. The summed E-state index contributed by atoms with van der Waals surface area (Å²) >= 11 is 17.9. The first-order chi connectivity index (χ1) is 11.6. The highest BCUT2D eigenvalue weighted by atomic mass is 35.5. The monoisotopic (exact) mass is 383 g/mol. The third-order valence-corrected chi connectivity index (χ3v) is 4.18. The van der Waals surface area contributed by atoms with Gasteiger partial charge < -0.3 is 10.1 Å². The third-order valence-electron chi connectivity index (χ3n) is 3.13. The van der Waals surface area contributed by atoms with E-state index in [0.29, 0.717) is 28.0 Å². The molecule has 1 amide bonds. The fourth-order valence-electron chi connectivity index (χ4n) is 1.91. The van der Waals surface area contributed by atoms with Crippen LogP contribution in [0.4, 0.5) is 4.79 Å². The van der Waals surface area contributed by atoms with Gasteiger partial charge in [0.2, 0.25) is 0 Å². The molecule has 0 saturated heterocycles. The topological polar surface area (TPSA) is 38.3 Å². The van der Waals surface area contributed by atoms with E-state index in [-0.39, 0.29) is 6.61 Å². The van der Waals surface area contributed by atoms with Crippen molar-refractivity contribution >= 4 is 47.0 Å². The molecule has 0 spiro atoms. The molecule has 2 aromatic rings. The van der Waals surface area contributed by atoms with Crippen LogP contribution in [-0.2, 0) is 11.3 Å². The van der Waals surface area contributed by atoms with E-state index in [2.05, 4.69) is 5.32 Å². The average Bonchev–Trinajstić information content (AvgIpc) is 2.58. The number of ether oxygens (including phenoxy) is 1. The normalized spacial score (nSPS) is 10.8. The van der Waals surface area contributed by atoms with Crippen molar-refractivity contribution in [3.8, 4) is 0 Å². The summed E-state index contributed by atoms with van der Waals surface area (Å²) in [6.45, 7) is 0.713. The van der Waals surface area contributed by atoms with Crippen molar-refractivity contribution in [1.29, 1.82) is 0 Å². The first-order valence-electron chi connectivity index (χ1n) is 7.32. The summed E-state index contributed by atoms with van der Waals surface area (Å²) < 4.78 is 5.11. The summed E-state index contributed by atoms with van der Waals surface area (Å²) in [7, 11) is 0. The number of alkyl carbamates (subject to hydrolysis) is 1. The smallest absolute Gasteiger partial charge is 0.407 e. The number of amides is 1. The molecule has 0 heterocycles. The Morgan fingerprint density at radius 3 is 2.50 bits per heavy atom. The molecule has 0 aromatic heterocycles. The predicted octanol–water partition coefficient (Wildman–Crippen LogP) is 5.98. The van der Waals surface area contributed by atoms with Gasteiger partial charge in [0.25, 0.3) is 0 Å². The predicted molar refractivity (Wildman–Crippen MR) is 99.8 cm³/mol. The molecule has 126 valence electrons. The summed E-state index contributed by atoms with van der Waals surface area (Å²) in [5.41, 5.74) is 1.72. The molecule has 2 rings (SSSR count). The number of nitrogens with one attached hydrogen (secondary N) is 1. The second kappa shape index (κ2) is 9.58. The van der Waals surface area contributed by atoms with Gasteiger partial charge in [0, 0.05) is 11.6 Å². The van der Waals surface area contributed by atoms with Gasteiger partial charge in [-0.1, -0.05) is 77.3 Å². The van der Waals surface area contributed by atoms with Crippen molar-refractivity contribution in [3.63, 3.8) is 0 Å². The highest BCUT2D eigenvalue weighted by Gasteiger charge is 2.03. The van der Waals surface area contributed by atoms with Crippen LogP contribution >= 0.6 is 34.8 Å². The van der Waals surface area contributed by atoms with E-state index in [4.69, 9.17) is 39.5 Å². The fraction of sp³-hybridized carbons (Fsp3) is 0.167. The Hall–Kier alpha value is -1.68. The largest absolute Gasteiger partial charge is 0.445 e. The molecule has 0 saturated carbocycles. The van der Waals surface area contributed by atoms with Crippen molar-refractivity contribution in [1.82, 2.24) is 5.32 Å². The second-order valence-corrected chi connectivity index (χ2v) is 6.19. The third kappa shape index (κ3) is 6.08. The lowest BCUT2D eigenvalue weighted by Crippen LogP contribution is -2.24. The number of rotatable bonds is 6. The van der Waals surface area contributed by atoms with Crippen molar-refractivity contribution < 1.29 is 9.53 Å². The maximum atomic E-state index is 11.6. The lowest BCUT2D eigenvalue weighted by Gasteiger charge is -2.06. The highest BCUT2D eigenvalue weighted by molar-refractivity contribution is 6.43. The van der Waals surface area contributed by atoms with Crippen LogP contribution in [0.5, 0.6) is 0 Å². The maximum absolute atomic E-state index is 11.6. The average molecular weight is 385 g/mol. The Labute approximate surface area is 156 Å². The first kappa shape index (κ1) is 18.7. The van der Waals surface area contributed by atoms with Crippen LogP contribution in [0.2, 0.25) is 15.1 Å². The van der Waals surface area contributed by atoms with E-state index >= 15 is 0 Å². The molecule has 1 N–H and O–H groups in total. The van der Waals surface area contributed by atoms with E-state index in [1.165, 1.54) is 0 Å². The van der Waals surface area contributed by atoms with E-state index in [1.54, 1.807) is 12.1 Å². The second-order valence-electron chi connectivity index (χ2n) is 4.97. The summed E-state index contributed by atoms with van der Waals surface area (Å²) in [6, 6.07) is 12.8. The molecule has 0 aliphatic heterocycles. The van der Waals surface area contributed by atoms with Gasteiger partial charge in [-0.2, -0.15) is 0 Å². The van der Waals surface area contributed by atoms with Crippen LogP contribution in [0.25, 0.3) is 6.08 Å². The minimum absolute atomic E-state index is 0.251. The standard InChI is InChI=1S/C18H16Cl3NO2/c19-15-11-17(21)16(20)10-14(15)8-4-5-9-22-18(23)24-12-13-6-2-1-3-7-13/h1-4,6-8,10-11H,5,9,12H2,(H,22,23). The SMILES string of the molecule is O=C(NCCC=Cc1cc(Cl)c(Cl)cc1Cl)OCc1ccccc1. The van der Waals surface area contributed by atoms with Crippen molar-refractivity contribution in [2.24, 2.45) is 0 Å². The number of benzene rings is 2.